The molecule has 0 saturated carbocycles. The molecule has 230 valence electrons. The van der Waals surface area contributed by atoms with E-state index < -0.39 is 35.0 Å². The Morgan fingerprint density at radius 3 is 2.37 bits per heavy atom. The molecule has 0 radical (unpaired) electrons. The van der Waals surface area contributed by atoms with E-state index in [1.54, 1.807) is 30.9 Å². The Hall–Kier alpha value is -3.80. The van der Waals surface area contributed by atoms with E-state index in [4.69, 9.17) is 5.73 Å². The number of nitrogens with zero attached hydrogens (tertiary/aromatic N) is 1. The molecule has 8 heteroatoms. The Morgan fingerprint density at radius 1 is 1.09 bits per heavy atom. The maximum absolute atomic E-state index is 14.2. The summed E-state index contributed by atoms with van der Waals surface area (Å²) in [5.41, 5.74) is 7.81. The SMILES string of the molecule is CC#Cc1cccc(CNC[C@H](O)[C@@H](Cc2cc(F)cc(F)c2)C2(C(N)=O)C=C(C)C=C(C(=O)N(CCC)CCC)C2)c1. The topological polar surface area (TPSA) is 95.7 Å². The monoisotopic (exact) mass is 591 g/mol. The number of carbonyl (C=O) groups excluding carboxylic acids is 2. The number of primary amides is 1. The first-order valence-electron chi connectivity index (χ1n) is 14.9. The van der Waals surface area contributed by atoms with E-state index in [1.807, 2.05) is 38.1 Å². The van der Waals surface area contributed by atoms with Crippen LogP contribution in [0.25, 0.3) is 0 Å². The zero-order chi connectivity index (χ0) is 31.6. The fourth-order valence-electron chi connectivity index (χ4n) is 5.97. The second kappa shape index (κ2) is 15.6. The highest BCUT2D eigenvalue weighted by atomic mass is 19.1. The van der Waals surface area contributed by atoms with Crippen molar-refractivity contribution in [2.24, 2.45) is 17.1 Å². The lowest BCUT2D eigenvalue weighted by atomic mass is 9.63. The molecule has 2 aromatic carbocycles. The second-order valence-electron chi connectivity index (χ2n) is 11.3. The molecule has 1 aliphatic carbocycles. The fraction of sp³-hybridized carbons (Fsp3) is 0.429. The number of rotatable bonds is 14. The quantitative estimate of drug-likeness (QED) is 0.268. The smallest absolute Gasteiger partial charge is 0.249 e. The fourth-order valence-corrected chi connectivity index (χ4v) is 5.97. The van der Waals surface area contributed by atoms with Crippen LogP contribution >= 0.6 is 0 Å². The van der Waals surface area contributed by atoms with Crippen LogP contribution in [0.1, 0.15) is 63.6 Å². The molecule has 43 heavy (non-hydrogen) atoms. The van der Waals surface area contributed by atoms with E-state index in [1.165, 1.54) is 12.1 Å². The minimum Gasteiger partial charge on any atom is -0.391 e. The molecule has 0 saturated heterocycles. The highest BCUT2D eigenvalue weighted by molar-refractivity contribution is 5.97. The number of halogens is 2. The van der Waals surface area contributed by atoms with Gasteiger partial charge in [-0.05, 0) is 74.9 Å². The van der Waals surface area contributed by atoms with Gasteiger partial charge in [-0.2, -0.15) is 0 Å². The number of amides is 2. The number of nitrogens with two attached hydrogens (primary N) is 1. The lowest BCUT2D eigenvalue weighted by Crippen LogP contribution is -2.51. The Morgan fingerprint density at radius 2 is 1.77 bits per heavy atom. The maximum Gasteiger partial charge on any atom is 0.249 e. The van der Waals surface area contributed by atoms with Crippen molar-refractivity contribution in [3.8, 4) is 11.8 Å². The van der Waals surface area contributed by atoms with E-state index in [0.29, 0.717) is 30.8 Å². The molecule has 3 rings (SSSR count). The molecule has 6 nitrogen and oxygen atoms in total. The molecule has 0 heterocycles. The lowest BCUT2D eigenvalue weighted by molar-refractivity contribution is -0.132. The Bertz CT molecular complexity index is 1400. The lowest BCUT2D eigenvalue weighted by Gasteiger charge is -2.42. The van der Waals surface area contributed by atoms with E-state index in [-0.39, 0.29) is 30.9 Å². The first-order valence-corrected chi connectivity index (χ1v) is 14.9. The molecule has 1 unspecified atom stereocenters. The molecule has 4 N–H and O–H groups in total. The van der Waals surface area contributed by atoms with Gasteiger partial charge in [0.2, 0.25) is 11.8 Å². The molecule has 2 aromatic rings. The average molecular weight is 592 g/mol. The number of hydrogen-bond donors (Lipinski definition) is 3. The second-order valence-corrected chi connectivity index (χ2v) is 11.3. The van der Waals surface area contributed by atoms with Crippen molar-refractivity contribution in [2.45, 2.75) is 66.0 Å². The van der Waals surface area contributed by atoms with E-state index in [0.717, 1.165) is 30.0 Å². The molecule has 3 atom stereocenters. The van der Waals surface area contributed by atoms with Crippen LogP contribution in [0.3, 0.4) is 0 Å². The van der Waals surface area contributed by atoms with Gasteiger partial charge in [0, 0.05) is 49.3 Å². The van der Waals surface area contributed by atoms with Crippen LogP contribution in [0.15, 0.2) is 65.8 Å². The van der Waals surface area contributed by atoms with Crippen LogP contribution in [-0.4, -0.2) is 47.6 Å². The Labute approximate surface area is 254 Å². The van der Waals surface area contributed by atoms with Gasteiger partial charge in [0.05, 0.1) is 11.5 Å². The van der Waals surface area contributed by atoms with Crippen LogP contribution < -0.4 is 11.1 Å². The summed E-state index contributed by atoms with van der Waals surface area (Å²) in [5, 5.41) is 14.9. The van der Waals surface area contributed by atoms with Crippen LogP contribution in [0.2, 0.25) is 0 Å². The summed E-state index contributed by atoms with van der Waals surface area (Å²) in [4.78, 5) is 28.8. The first kappa shape index (κ1) is 33.7. The third-order valence-electron chi connectivity index (χ3n) is 7.76. The number of benzene rings is 2. The van der Waals surface area contributed by atoms with Crippen LogP contribution in [0, 0.1) is 34.8 Å². The first-order chi connectivity index (χ1) is 20.5. The van der Waals surface area contributed by atoms with Crippen molar-refractivity contribution in [1.29, 1.82) is 0 Å². The number of aliphatic hydroxyl groups is 1. The predicted octanol–water partition coefficient (Wildman–Crippen LogP) is 5.04. The van der Waals surface area contributed by atoms with Crippen LogP contribution in [0.4, 0.5) is 8.78 Å². The van der Waals surface area contributed by atoms with Gasteiger partial charge in [-0.15, -0.1) is 5.92 Å². The summed E-state index contributed by atoms with van der Waals surface area (Å²) in [6.45, 7) is 9.16. The minimum absolute atomic E-state index is 0.0281. The zero-order valence-corrected chi connectivity index (χ0v) is 25.6. The molecular formula is C35H43F2N3O3. The predicted molar refractivity (Wildman–Crippen MR) is 166 cm³/mol. The Balaban J connectivity index is 1.97. The van der Waals surface area contributed by atoms with Crippen molar-refractivity contribution < 1.29 is 23.5 Å². The summed E-state index contributed by atoms with van der Waals surface area (Å²) in [6, 6.07) is 10.8. The van der Waals surface area contributed by atoms with E-state index in [2.05, 4.69) is 17.2 Å². The van der Waals surface area contributed by atoms with Crippen molar-refractivity contribution >= 4 is 11.8 Å². The highest BCUT2D eigenvalue weighted by Crippen LogP contribution is 2.44. The van der Waals surface area contributed by atoms with Gasteiger partial charge in [-0.3, -0.25) is 9.59 Å². The minimum atomic E-state index is -1.48. The van der Waals surface area contributed by atoms with Crippen LogP contribution in [0.5, 0.6) is 0 Å². The van der Waals surface area contributed by atoms with Gasteiger partial charge in [-0.1, -0.05) is 49.6 Å². The van der Waals surface area contributed by atoms with Crippen molar-refractivity contribution in [3.63, 3.8) is 0 Å². The third-order valence-corrected chi connectivity index (χ3v) is 7.76. The number of carbonyl (C=O) groups is 2. The molecule has 1 aliphatic rings. The molecular weight excluding hydrogens is 548 g/mol. The van der Waals surface area contributed by atoms with Crippen molar-refractivity contribution in [1.82, 2.24) is 10.2 Å². The van der Waals surface area contributed by atoms with Gasteiger partial charge in [0.15, 0.2) is 0 Å². The van der Waals surface area contributed by atoms with E-state index >= 15 is 0 Å². The average Bonchev–Trinajstić information content (AvgIpc) is 2.94. The van der Waals surface area contributed by atoms with Gasteiger partial charge in [0.25, 0.3) is 0 Å². The van der Waals surface area contributed by atoms with Crippen molar-refractivity contribution in [2.75, 3.05) is 19.6 Å². The van der Waals surface area contributed by atoms with Gasteiger partial charge < -0.3 is 21.1 Å². The van der Waals surface area contributed by atoms with Gasteiger partial charge in [0.1, 0.15) is 11.6 Å². The normalized spacial score (nSPS) is 17.7. The highest BCUT2D eigenvalue weighted by Gasteiger charge is 2.48. The number of hydrogen-bond acceptors (Lipinski definition) is 4. The largest absolute Gasteiger partial charge is 0.391 e. The molecule has 0 fully saturated rings. The zero-order valence-electron chi connectivity index (χ0n) is 25.6. The van der Waals surface area contributed by atoms with Gasteiger partial charge >= 0.3 is 0 Å². The maximum atomic E-state index is 14.2. The summed E-state index contributed by atoms with van der Waals surface area (Å²) in [5.74, 6) is 2.59. The standard InChI is InChI=1S/C35H43F2N3O3/c1-5-9-25-10-8-11-26(15-25)22-39-23-32(41)31(18-27-16-29(36)19-30(37)17-27)35(34(38)43)20-24(4)14-28(21-35)33(42)40(12-6-2)13-7-3/h8,10-11,14-17,19-20,31-32,39,41H,6-7,12-13,18,21-23H2,1-4H3,(H2,38,43)/t31-,32+,35?/m1/s1. The molecule has 0 bridgehead atoms. The molecule has 0 aromatic heterocycles. The van der Waals surface area contributed by atoms with E-state index in [9.17, 15) is 23.5 Å². The summed E-state index contributed by atoms with van der Waals surface area (Å²) >= 11 is 0. The summed E-state index contributed by atoms with van der Waals surface area (Å²) in [6.07, 6.45) is 3.80. The third kappa shape index (κ3) is 8.85. The van der Waals surface area contributed by atoms with Crippen LogP contribution in [-0.2, 0) is 22.6 Å². The molecule has 0 spiro atoms. The molecule has 0 aliphatic heterocycles. The number of nitrogens with one attached hydrogen (secondary N) is 1. The number of allylic oxidation sites excluding steroid dienone is 2. The van der Waals surface area contributed by atoms with Gasteiger partial charge in [-0.25, -0.2) is 8.78 Å². The Kier molecular flexibility index (Phi) is 12.2. The summed E-state index contributed by atoms with van der Waals surface area (Å²) in [7, 11) is 0. The number of aliphatic hydroxyl groups excluding tert-OH is 1. The van der Waals surface area contributed by atoms with Crippen molar-refractivity contribution in [3.05, 3.63) is 94.1 Å². The summed E-state index contributed by atoms with van der Waals surface area (Å²) < 4.78 is 28.5. The molecule has 2 amide bonds.